The lowest BCUT2D eigenvalue weighted by Crippen LogP contribution is -2.38. The first kappa shape index (κ1) is 19.2. The Hall–Kier alpha value is -2.54. The minimum absolute atomic E-state index is 0.0172. The molecule has 1 aliphatic heterocycles. The Balaban J connectivity index is 1.65. The second kappa shape index (κ2) is 9.41. The minimum atomic E-state index is -0.217. The number of nitrogens with zero attached hydrogens (tertiary/aromatic N) is 1. The normalized spacial score (nSPS) is 13.9. The van der Waals surface area contributed by atoms with Gasteiger partial charge in [0.2, 0.25) is 0 Å². The average molecular weight is 388 g/mol. The van der Waals surface area contributed by atoms with Crippen LogP contribution in [0.2, 0.25) is 0 Å². The molecule has 0 radical (unpaired) electrons. The van der Waals surface area contributed by atoms with Crippen LogP contribution in [0.25, 0.3) is 0 Å². The van der Waals surface area contributed by atoms with Crippen LogP contribution in [0.15, 0.2) is 35.0 Å². The lowest BCUT2D eigenvalue weighted by atomic mass is 10.1. The van der Waals surface area contributed by atoms with Gasteiger partial charge in [0.05, 0.1) is 12.3 Å². The highest BCUT2D eigenvalue weighted by Crippen LogP contribution is 2.29. The van der Waals surface area contributed by atoms with Crippen molar-refractivity contribution in [2.45, 2.75) is 26.2 Å². The largest absolute Gasteiger partial charge is 0.490 e. The van der Waals surface area contributed by atoms with Crippen LogP contribution in [0.5, 0.6) is 11.5 Å². The van der Waals surface area contributed by atoms with E-state index in [0.717, 1.165) is 31.6 Å². The van der Waals surface area contributed by atoms with E-state index in [4.69, 9.17) is 9.47 Å². The third kappa shape index (κ3) is 5.23. The quantitative estimate of drug-likeness (QED) is 0.784. The van der Waals surface area contributed by atoms with Crippen molar-refractivity contribution in [3.05, 3.63) is 40.6 Å². The molecule has 1 aromatic carbocycles. The molecule has 0 saturated carbocycles. The Morgan fingerprint density at radius 1 is 1.11 bits per heavy atom. The first-order chi connectivity index (χ1) is 13.2. The second-order valence-corrected chi connectivity index (χ2v) is 7.07. The summed E-state index contributed by atoms with van der Waals surface area (Å²) in [5.74, 6) is 0.693. The molecule has 0 aliphatic carbocycles. The fourth-order valence-corrected chi connectivity index (χ4v) is 3.54. The highest BCUT2D eigenvalue weighted by Gasteiger charge is 2.18. The van der Waals surface area contributed by atoms with Crippen molar-refractivity contribution in [3.63, 3.8) is 0 Å². The van der Waals surface area contributed by atoms with Gasteiger partial charge in [-0.15, -0.1) is 0 Å². The minimum Gasteiger partial charge on any atom is -0.490 e. The van der Waals surface area contributed by atoms with E-state index in [2.05, 4.69) is 5.32 Å². The molecule has 1 aromatic heterocycles. The molecule has 3 rings (SSSR count). The number of amides is 2. The van der Waals surface area contributed by atoms with Crippen molar-refractivity contribution >= 4 is 28.8 Å². The lowest BCUT2D eigenvalue weighted by Gasteiger charge is -2.26. The first-order valence-electron chi connectivity index (χ1n) is 9.18. The molecule has 7 heteroatoms. The van der Waals surface area contributed by atoms with Gasteiger partial charge in [0.25, 0.3) is 11.8 Å². The molecule has 2 amide bonds. The summed E-state index contributed by atoms with van der Waals surface area (Å²) in [6, 6.07) is 6.84. The van der Waals surface area contributed by atoms with Crippen LogP contribution in [0.4, 0.5) is 5.69 Å². The molecular weight excluding hydrogens is 364 g/mol. The van der Waals surface area contributed by atoms with E-state index >= 15 is 0 Å². The summed E-state index contributed by atoms with van der Waals surface area (Å²) in [6.45, 7) is 3.86. The van der Waals surface area contributed by atoms with Crippen LogP contribution < -0.4 is 14.8 Å². The lowest BCUT2D eigenvalue weighted by molar-refractivity contribution is -0.134. The van der Waals surface area contributed by atoms with Gasteiger partial charge in [-0.05, 0) is 55.8 Å². The van der Waals surface area contributed by atoms with Crippen molar-refractivity contribution in [3.8, 4) is 11.5 Å². The number of rotatable bonds is 7. The predicted molar refractivity (Wildman–Crippen MR) is 106 cm³/mol. The monoisotopic (exact) mass is 388 g/mol. The van der Waals surface area contributed by atoms with Crippen molar-refractivity contribution in [2.75, 3.05) is 31.6 Å². The zero-order valence-corrected chi connectivity index (χ0v) is 16.2. The Morgan fingerprint density at radius 3 is 2.63 bits per heavy atom. The van der Waals surface area contributed by atoms with Crippen LogP contribution in [-0.2, 0) is 4.79 Å². The van der Waals surface area contributed by atoms with Gasteiger partial charge in [0.1, 0.15) is 0 Å². The van der Waals surface area contributed by atoms with Gasteiger partial charge in [0.15, 0.2) is 18.1 Å². The standard InChI is InChI=1S/C20H24N2O4S/c1-2-25-18-12-15(20(24)21-16-8-11-27-14-16)6-7-17(18)26-13-19(23)22-9-4-3-5-10-22/h6-8,11-12,14H,2-5,9-10,13H2,1H3,(H,21,24). The Kier molecular flexibility index (Phi) is 6.70. The molecule has 1 aliphatic rings. The Bertz CT molecular complexity index is 770. The Labute approximate surface area is 163 Å². The summed E-state index contributed by atoms with van der Waals surface area (Å²) in [4.78, 5) is 26.5. The molecule has 0 spiro atoms. The van der Waals surface area contributed by atoms with E-state index in [9.17, 15) is 9.59 Å². The van der Waals surface area contributed by atoms with E-state index in [1.54, 1.807) is 18.2 Å². The zero-order valence-electron chi connectivity index (χ0n) is 15.4. The summed E-state index contributed by atoms with van der Waals surface area (Å²) in [7, 11) is 0. The molecule has 2 heterocycles. The number of piperidine rings is 1. The van der Waals surface area contributed by atoms with Crippen molar-refractivity contribution < 1.29 is 19.1 Å². The van der Waals surface area contributed by atoms with Gasteiger partial charge in [-0.1, -0.05) is 0 Å². The predicted octanol–water partition coefficient (Wildman–Crippen LogP) is 3.79. The third-order valence-electron chi connectivity index (χ3n) is 4.34. The fourth-order valence-electron chi connectivity index (χ4n) is 2.95. The second-order valence-electron chi connectivity index (χ2n) is 6.29. The zero-order chi connectivity index (χ0) is 19.1. The van der Waals surface area contributed by atoms with Crippen LogP contribution in [0.3, 0.4) is 0 Å². The summed E-state index contributed by atoms with van der Waals surface area (Å²) < 4.78 is 11.3. The number of likely N-dealkylation sites (tertiary alicyclic amines) is 1. The average Bonchev–Trinajstić information content (AvgIpc) is 3.20. The molecule has 0 bridgehead atoms. The number of hydrogen-bond donors (Lipinski definition) is 1. The van der Waals surface area contributed by atoms with Crippen LogP contribution >= 0.6 is 11.3 Å². The maximum atomic E-state index is 12.4. The van der Waals surface area contributed by atoms with Crippen LogP contribution in [0.1, 0.15) is 36.5 Å². The molecule has 144 valence electrons. The Morgan fingerprint density at radius 2 is 1.93 bits per heavy atom. The van der Waals surface area contributed by atoms with Crippen LogP contribution in [0, 0.1) is 0 Å². The number of nitrogens with one attached hydrogen (secondary N) is 1. The molecule has 2 aromatic rings. The summed E-state index contributed by atoms with van der Waals surface area (Å²) in [5.41, 5.74) is 1.23. The van der Waals surface area contributed by atoms with Gasteiger partial charge in [-0.2, -0.15) is 11.3 Å². The molecule has 0 atom stereocenters. The van der Waals surface area contributed by atoms with Gasteiger partial charge in [-0.25, -0.2) is 0 Å². The summed E-state index contributed by atoms with van der Waals surface area (Å²) in [5, 5.41) is 6.60. The highest BCUT2D eigenvalue weighted by atomic mass is 32.1. The van der Waals surface area contributed by atoms with Gasteiger partial charge in [0, 0.05) is 24.0 Å². The molecule has 1 N–H and O–H groups in total. The highest BCUT2D eigenvalue weighted by molar-refractivity contribution is 7.08. The molecule has 27 heavy (non-hydrogen) atoms. The van der Waals surface area contributed by atoms with E-state index < -0.39 is 0 Å². The van der Waals surface area contributed by atoms with E-state index in [1.165, 1.54) is 17.8 Å². The third-order valence-corrected chi connectivity index (χ3v) is 5.03. The summed E-state index contributed by atoms with van der Waals surface area (Å²) in [6.07, 6.45) is 3.27. The number of carbonyl (C=O) groups excluding carboxylic acids is 2. The number of benzene rings is 1. The fraction of sp³-hybridized carbons (Fsp3) is 0.400. The first-order valence-corrected chi connectivity index (χ1v) is 10.1. The number of anilines is 1. The maximum Gasteiger partial charge on any atom is 0.260 e. The summed E-state index contributed by atoms with van der Waals surface area (Å²) >= 11 is 1.52. The van der Waals surface area contributed by atoms with Crippen molar-refractivity contribution in [1.82, 2.24) is 4.90 Å². The number of carbonyl (C=O) groups is 2. The molecule has 0 unspecified atom stereocenters. The van der Waals surface area contributed by atoms with Crippen LogP contribution in [-0.4, -0.2) is 43.0 Å². The molecule has 6 nitrogen and oxygen atoms in total. The van der Waals surface area contributed by atoms with Crippen molar-refractivity contribution in [2.24, 2.45) is 0 Å². The SMILES string of the molecule is CCOc1cc(C(=O)Nc2ccsc2)ccc1OCC(=O)N1CCCCC1. The molecule has 1 fully saturated rings. The number of thiophene rings is 1. The maximum absolute atomic E-state index is 12.4. The van der Waals surface area contributed by atoms with E-state index in [-0.39, 0.29) is 18.4 Å². The van der Waals surface area contributed by atoms with Crippen molar-refractivity contribution in [1.29, 1.82) is 0 Å². The van der Waals surface area contributed by atoms with E-state index in [0.29, 0.717) is 23.7 Å². The molecular formula is C20H24N2O4S. The van der Waals surface area contributed by atoms with Gasteiger partial charge in [-0.3, -0.25) is 9.59 Å². The molecule has 1 saturated heterocycles. The number of ether oxygens (including phenoxy) is 2. The topological polar surface area (TPSA) is 67.9 Å². The number of hydrogen-bond acceptors (Lipinski definition) is 5. The van der Waals surface area contributed by atoms with Gasteiger partial charge >= 0.3 is 0 Å². The smallest absolute Gasteiger partial charge is 0.260 e. The van der Waals surface area contributed by atoms with Gasteiger partial charge < -0.3 is 19.7 Å². The van der Waals surface area contributed by atoms with E-state index in [1.807, 2.05) is 28.7 Å².